The zero-order valence-electron chi connectivity index (χ0n) is 18.5. The van der Waals surface area contributed by atoms with Gasteiger partial charge in [-0.2, -0.15) is 0 Å². The maximum atomic E-state index is 12.2. The fourth-order valence-electron chi connectivity index (χ4n) is 2.73. The molecule has 0 fully saturated rings. The maximum Gasteiger partial charge on any atom is 0.319 e. The van der Waals surface area contributed by atoms with Gasteiger partial charge in [0.25, 0.3) is 0 Å². The first kappa shape index (κ1) is 25.8. The molecule has 9 N–H and O–H groups in total. The standard InChI is InChI=1S/C22H27N7O5/c1-13(31)15-3-2-4-17(9-15)28-22(34)29-18(12-30)20(33)26-11-19(32)25-10-14-5-7-16(8-6-14)27-21(23)24/h2-9,18,30H,10-12H2,1H3,(H,25,32)(H,26,33)(H4,23,24,27)(H2,28,29,34). The van der Waals surface area contributed by atoms with Crippen molar-refractivity contribution in [2.24, 2.45) is 16.5 Å². The monoisotopic (exact) mass is 469 g/mol. The van der Waals surface area contributed by atoms with Crippen molar-refractivity contribution in [3.8, 4) is 0 Å². The molecule has 2 aromatic rings. The Labute approximate surface area is 195 Å². The summed E-state index contributed by atoms with van der Waals surface area (Å²) >= 11 is 0. The van der Waals surface area contributed by atoms with Crippen LogP contribution in [0.5, 0.6) is 0 Å². The third-order valence-corrected chi connectivity index (χ3v) is 4.44. The molecule has 12 nitrogen and oxygen atoms in total. The number of anilines is 1. The van der Waals surface area contributed by atoms with E-state index in [9.17, 15) is 24.3 Å². The molecule has 0 bridgehead atoms. The summed E-state index contributed by atoms with van der Waals surface area (Å²) in [5, 5.41) is 19.2. The number of carbonyl (C=O) groups excluding carboxylic acids is 4. The average molecular weight is 470 g/mol. The van der Waals surface area contributed by atoms with E-state index in [1.165, 1.54) is 13.0 Å². The number of amides is 4. The van der Waals surface area contributed by atoms with E-state index in [0.717, 1.165) is 5.56 Å². The number of nitrogens with zero attached hydrogens (tertiary/aromatic N) is 1. The van der Waals surface area contributed by atoms with Gasteiger partial charge in [-0.1, -0.05) is 24.3 Å². The Kier molecular flexibility index (Phi) is 9.53. The number of Topliss-reactive ketones (excluding diaryl/α,β-unsaturated/α-hetero) is 1. The lowest BCUT2D eigenvalue weighted by Crippen LogP contribution is -2.51. The molecule has 180 valence electrons. The van der Waals surface area contributed by atoms with Crippen LogP contribution in [0.1, 0.15) is 22.8 Å². The summed E-state index contributed by atoms with van der Waals surface area (Å²) in [6.07, 6.45) is 0. The third kappa shape index (κ3) is 8.59. The van der Waals surface area contributed by atoms with Gasteiger partial charge in [-0.3, -0.25) is 14.4 Å². The number of hydrogen-bond donors (Lipinski definition) is 7. The van der Waals surface area contributed by atoms with Crippen LogP contribution in [0.3, 0.4) is 0 Å². The van der Waals surface area contributed by atoms with Gasteiger partial charge < -0.3 is 37.8 Å². The van der Waals surface area contributed by atoms with Crippen molar-refractivity contribution < 1.29 is 24.3 Å². The SMILES string of the molecule is CC(=O)c1cccc(NC(=O)NC(CO)C(=O)NCC(=O)NCc2ccc(N=C(N)N)cc2)c1. The van der Waals surface area contributed by atoms with E-state index in [1.54, 1.807) is 42.5 Å². The first-order valence-electron chi connectivity index (χ1n) is 10.2. The van der Waals surface area contributed by atoms with Crippen LogP contribution in [-0.2, 0) is 16.1 Å². The number of hydrogen-bond acceptors (Lipinski definition) is 6. The van der Waals surface area contributed by atoms with Gasteiger partial charge in [0.1, 0.15) is 6.04 Å². The molecule has 0 saturated carbocycles. The molecule has 0 aliphatic heterocycles. The summed E-state index contributed by atoms with van der Waals surface area (Å²) in [6, 6.07) is 11.0. The van der Waals surface area contributed by atoms with Gasteiger partial charge in [0.2, 0.25) is 11.8 Å². The van der Waals surface area contributed by atoms with Crippen LogP contribution in [0.2, 0.25) is 0 Å². The Morgan fingerprint density at radius 1 is 1.03 bits per heavy atom. The molecule has 0 spiro atoms. The third-order valence-electron chi connectivity index (χ3n) is 4.44. The normalized spacial score (nSPS) is 11.0. The number of guanidine groups is 1. The summed E-state index contributed by atoms with van der Waals surface area (Å²) in [5.41, 5.74) is 12.7. The summed E-state index contributed by atoms with van der Waals surface area (Å²) in [7, 11) is 0. The van der Waals surface area contributed by atoms with E-state index < -0.39 is 30.5 Å². The zero-order valence-corrected chi connectivity index (χ0v) is 18.5. The predicted octanol–water partition coefficient (Wildman–Crippen LogP) is -0.291. The van der Waals surface area contributed by atoms with Crippen molar-refractivity contribution in [1.82, 2.24) is 16.0 Å². The van der Waals surface area contributed by atoms with Crippen LogP contribution < -0.4 is 32.7 Å². The number of aliphatic imine (C=N–C) groups is 1. The summed E-state index contributed by atoms with van der Waals surface area (Å²) < 4.78 is 0. The highest BCUT2D eigenvalue weighted by atomic mass is 16.3. The Hall–Kier alpha value is -4.45. The highest BCUT2D eigenvalue weighted by molar-refractivity contribution is 5.98. The molecule has 1 atom stereocenters. The van der Waals surface area contributed by atoms with Crippen molar-refractivity contribution in [2.75, 3.05) is 18.5 Å². The molecular formula is C22H27N7O5. The minimum Gasteiger partial charge on any atom is -0.394 e. The van der Waals surface area contributed by atoms with E-state index in [2.05, 4.69) is 26.3 Å². The number of urea groups is 1. The Morgan fingerprint density at radius 3 is 2.35 bits per heavy atom. The number of ketones is 1. The molecule has 2 aromatic carbocycles. The van der Waals surface area contributed by atoms with Crippen molar-refractivity contribution >= 4 is 41.0 Å². The van der Waals surface area contributed by atoms with Crippen LogP contribution in [0.15, 0.2) is 53.5 Å². The van der Waals surface area contributed by atoms with Crippen LogP contribution in [0.4, 0.5) is 16.2 Å². The van der Waals surface area contributed by atoms with E-state index >= 15 is 0 Å². The van der Waals surface area contributed by atoms with Crippen LogP contribution in [0, 0.1) is 0 Å². The second-order valence-corrected chi connectivity index (χ2v) is 7.17. The van der Waals surface area contributed by atoms with Gasteiger partial charge in [-0.05, 0) is 36.8 Å². The van der Waals surface area contributed by atoms with E-state index in [4.69, 9.17) is 11.5 Å². The number of carbonyl (C=O) groups is 4. The first-order valence-corrected chi connectivity index (χ1v) is 10.2. The summed E-state index contributed by atoms with van der Waals surface area (Å²) in [6.45, 7) is 0.564. The molecule has 0 aliphatic rings. The van der Waals surface area contributed by atoms with E-state index in [1.807, 2.05) is 0 Å². The van der Waals surface area contributed by atoms with Gasteiger partial charge in [0.05, 0.1) is 18.8 Å². The minimum atomic E-state index is -1.29. The molecule has 4 amide bonds. The second-order valence-electron chi connectivity index (χ2n) is 7.17. The molecule has 0 aromatic heterocycles. The maximum absolute atomic E-state index is 12.2. The summed E-state index contributed by atoms with van der Waals surface area (Å²) in [4.78, 5) is 51.7. The number of nitrogens with one attached hydrogen (secondary N) is 4. The fourth-order valence-corrected chi connectivity index (χ4v) is 2.73. The number of aliphatic hydroxyl groups is 1. The van der Waals surface area contributed by atoms with Gasteiger partial charge in [-0.25, -0.2) is 9.79 Å². The molecule has 0 radical (unpaired) electrons. The topological polar surface area (TPSA) is 201 Å². The summed E-state index contributed by atoms with van der Waals surface area (Å²) in [5.74, 6) is -1.44. The van der Waals surface area contributed by atoms with Gasteiger partial charge in [0.15, 0.2) is 11.7 Å². The lowest BCUT2D eigenvalue weighted by Gasteiger charge is -2.17. The molecule has 0 saturated heterocycles. The number of benzene rings is 2. The predicted molar refractivity (Wildman–Crippen MR) is 126 cm³/mol. The highest BCUT2D eigenvalue weighted by Crippen LogP contribution is 2.12. The van der Waals surface area contributed by atoms with E-state index in [0.29, 0.717) is 16.9 Å². The zero-order chi connectivity index (χ0) is 25.1. The quantitative estimate of drug-likeness (QED) is 0.141. The van der Waals surface area contributed by atoms with Crippen LogP contribution in [0.25, 0.3) is 0 Å². The smallest absolute Gasteiger partial charge is 0.319 e. The van der Waals surface area contributed by atoms with Gasteiger partial charge in [0, 0.05) is 17.8 Å². The molecule has 2 rings (SSSR count). The Balaban J connectivity index is 1.79. The number of rotatable bonds is 10. The average Bonchev–Trinajstić information content (AvgIpc) is 2.80. The van der Waals surface area contributed by atoms with Crippen molar-refractivity contribution in [2.45, 2.75) is 19.5 Å². The molecule has 0 heterocycles. The molecule has 1 unspecified atom stereocenters. The van der Waals surface area contributed by atoms with Gasteiger partial charge >= 0.3 is 6.03 Å². The lowest BCUT2D eigenvalue weighted by atomic mass is 10.1. The van der Waals surface area contributed by atoms with E-state index in [-0.39, 0.29) is 24.8 Å². The second kappa shape index (κ2) is 12.6. The fraction of sp³-hybridized carbons (Fsp3) is 0.227. The van der Waals surface area contributed by atoms with Crippen molar-refractivity contribution in [1.29, 1.82) is 0 Å². The van der Waals surface area contributed by atoms with Crippen molar-refractivity contribution in [3.05, 3.63) is 59.7 Å². The van der Waals surface area contributed by atoms with Crippen LogP contribution in [-0.4, -0.2) is 53.9 Å². The Bertz CT molecular complexity index is 1070. The first-order chi connectivity index (χ1) is 16.2. The largest absolute Gasteiger partial charge is 0.394 e. The van der Waals surface area contributed by atoms with Gasteiger partial charge in [-0.15, -0.1) is 0 Å². The lowest BCUT2D eigenvalue weighted by molar-refractivity contribution is -0.127. The van der Waals surface area contributed by atoms with Crippen molar-refractivity contribution in [3.63, 3.8) is 0 Å². The molecule has 0 aliphatic carbocycles. The number of nitrogens with two attached hydrogens (primary N) is 2. The Morgan fingerprint density at radius 2 is 1.74 bits per heavy atom. The molecule has 12 heteroatoms. The number of aliphatic hydroxyl groups excluding tert-OH is 1. The highest BCUT2D eigenvalue weighted by Gasteiger charge is 2.20. The molecular weight excluding hydrogens is 442 g/mol. The minimum absolute atomic E-state index is 0.0628. The molecule has 34 heavy (non-hydrogen) atoms. The van der Waals surface area contributed by atoms with Crippen LogP contribution >= 0.6 is 0 Å².